The topological polar surface area (TPSA) is 58.6 Å². The van der Waals surface area contributed by atoms with Crippen LogP contribution in [-0.2, 0) is 11.2 Å². The molecule has 0 unspecified atom stereocenters. The van der Waals surface area contributed by atoms with Crippen LogP contribution < -0.4 is 15.0 Å². The summed E-state index contributed by atoms with van der Waals surface area (Å²) in [5.41, 5.74) is 3.59. The number of nitrogens with zero attached hydrogens (tertiary/aromatic N) is 1. The molecular formula is C21H26N2O3. The van der Waals surface area contributed by atoms with Gasteiger partial charge >= 0.3 is 0 Å². The third kappa shape index (κ3) is 4.42. The molecule has 0 heterocycles. The van der Waals surface area contributed by atoms with Crippen LogP contribution in [0.4, 0.5) is 5.69 Å². The molecule has 2 amide bonds. The van der Waals surface area contributed by atoms with Crippen molar-refractivity contribution in [3.8, 4) is 5.75 Å². The Morgan fingerprint density at radius 2 is 1.85 bits per heavy atom. The average molecular weight is 354 g/mol. The number of amides is 2. The van der Waals surface area contributed by atoms with Crippen LogP contribution in [0, 0.1) is 6.92 Å². The summed E-state index contributed by atoms with van der Waals surface area (Å²) in [6, 6.07) is 13.1. The van der Waals surface area contributed by atoms with Gasteiger partial charge in [-0.25, -0.2) is 0 Å². The average Bonchev–Trinajstić information content (AvgIpc) is 2.65. The van der Waals surface area contributed by atoms with E-state index >= 15 is 0 Å². The van der Waals surface area contributed by atoms with E-state index in [0.717, 1.165) is 23.2 Å². The number of benzene rings is 2. The van der Waals surface area contributed by atoms with E-state index in [4.69, 9.17) is 4.74 Å². The van der Waals surface area contributed by atoms with E-state index in [0.29, 0.717) is 24.4 Å². The number of hydrogen-bond donors (Lipinski definition) is 1. The third-order valence-electron chi connectivity index (χ3n) is 4.32. The first-order chi connectivity index (χ1) is 12.5. The van der Waals surface area contributed by atoms with Crippen molar-refractivity contribution in [3.05, 3.63) is 59.2 Å². The minimum Gasteiger partial charge on any atom is -0.496 e. The highest BCUT2D eigenvalue weighted by Crippen LogP contribution is 2.26. The molecule has 0 bridgehead atoms. The van der Waals surface area contributed by atoms with Crippen LogP contribution in [0.3, 0.4) is 0 Å². The van der Waals surface area contributed by atoms with Gasteiger partial charge in [0.2, 0.25) is 5.91 Å². The van der Waals surface area contributed by atoms with E-state index < -0.39 is 0 Å². The minimum atomic E-state index is -0.216. The lowest BCUT2D eigenvalue weighted by Crippen LogP contribution is -2.38. The Hall–Kier alpha value is -2.82. The van der Waals surface area contributed by atoms with Gasteiger partial charge in [0.25, 0.3) is 5.91 Å². The summed E-state index contributed by atoms with van der Waals surface area (Å²) in [4.78, 5) is 26.3. The van der Waals surface area contributed by atoms with Gasteiger partial charge in [-0.05, 0) is 36.6 Å². The second-order valence-corrected chi connectivity index (χ2v) is 6.06. The van der Waals surface area contributed by atoms with Gasteiger partial charge in [0.1, 0.15) is 5.75 Å². The SMILES string of the molecule is CCc1cccc(C)c1N(CCNC(=O)c1ccccc1OC)C(C)=O. The highest BCUT2D eigenvalue weighted by Gasteiger charge is 2.18. The van der Waals surface area contributed by atoms with Crippen molar-refractivity contribution < 1.29 is 14.3 Å². The van der Waals surface area contributed by atoms with Crippen molar-refractivity contribution in [3.63, 3.8) is 0 Å². The number of anilines is 1. The van der Waals surface area contributed by atoms with Gasteiger partial charge in [-0.2, -0.15) is 0 Å². The van der Waals surface area contributed by atoms with E-state index in [9.17, 15) is 9.59 Å². The van der Waals surface area contributed by atoms with Crippen LogP contribution in [0.2, 0.25) is 0 Å². The lowest BCUT2D eigenvalue weighted by Gasteiger charge is -2.26. The number of aryl methyl sites for hydroxylation is 2. The molecule has 5 nitrogen and oxygen atoms in total. The number of rotatable bonds is 7. The maximum absolute atomic E-state index is 12.4. The lowest BCUT2D eigenvalue weighted by molar-refractivity contribution is -0.116. The Kier molecular flexibility index (Phi) is 6.78. The van der Waals surface area contributed by atoms with Gasteiger partial charge in [-0.15, -0.1) is 0 Å². The lowest BCUT2D eigenvalue weighted by atomic mass is 10.0. The molecule has 2 aromatic carbocycles. The summed E-state index contributed by atoms with van der Waals surface area (Å²) < 4.78 is 5.22. The zero-order valence-corrected chi connectivity index (χ0v) is 15.8. The highest BCUT2D eigenvalue weighted by atomic mass is 16.5. The molecular weight excluding hydrogens is 328 g/mol. The van der Waals surface area contributed by atoms with Crippen LogP contribution in [0.5, 0.6) is 5.75 Å². The fraction of sp³-hybridized carbons (Fsp3) is 0.333. The molecule has 26 heavy (non-hydrogen) atoms. The summed E-state index contributed by atoms with van der Waals surface area (Å²) in [5.74, 6) is 0.271. The minimum absolute atomic E-state index is 0.0412. The largest absolute Gasteiger partial charge is 0.496 e. The molecule has 0 saturated carbocycles. The summed E-state index contributed by atoms with van der Waals surface area (Å²) in [6.07, 6.45) is 0.842. The molecule has 0 aliphatic rings. The van der Waals surface area contributed by atoms with Crippen molar-refractivity contribution in [2.24, 2.45) is 0 Å². The molecule has 0 aromatic heterocycles. The van der Waals surface area contributed by atoms with Gasteiger partial charge in [0.05, 0.1) is 12.7 Å². The summed E-state index contributed by atoms with van der Waals surface area (Å²) in [7, 11) is 1.54. The monoisotopic (exact) mass is 354 g/mol. The van der Waals surface area contributed by atoms with E-state index in [2.05, 4.69) is 12.2 Å². The Morgan fingerprint density at radius 1 is 1.12 bits per heavy atom. The summed E-state index contributed by atoms with van der Waals surface area (Å²) in [5, 5.41) is 2.87. The number of methoxy groups -OCH3 is 1. The van der Waals surface area contributed by atoms with Crippen molar-refractivity contribution >= 4 is 17.5 Å². The number of carbonyl (C=O) groups excluding carboxylic acids is 2. The molecule has 1 N–H and O–H groups in total. The number of nitrogens with one attached hydrogen (secondary N) is 1. The first kappa shape index (κ1) is 19.5. The summed E-state index contributed by atoms with van der Waals surface area (Å²) >= 11 is 0. The summed E-state index contributed by atoms with van der Waals surface area (Å²) in [6.45, 7) is 6.38. The maximum Gasteiger partial charge on any atom is 0.255 e. The zero-order chi connectivity index (χ0) is 19.1. The third-order valence-corrected chi connectivity index (χ3v) is 4.32. The highest BCUT2D eigenvalue weighted by molar-refractivity contribution is 5.97. The Morgan fingerprint density at radius 3 is 2.50 bits per heavy atom. The smallest absolute Gasteiger partial charge is 0.255 e. The normalized spacial score (nSPS) is 10.3. The van der Waals surface area contributed by atoms with Crippen LogP contribution >= 0.6 is 0 Å². The van der Waals surface area contributed by atoms with E-state index in [-0.39, 0.29) is 11.8 Å². The number of carbonyl (C=O) groups is 2. The molecule has 2 aromatic rings. The number of ether oxygens (including phenoxy) is 1. The quantitative estimate of drug-likeness (QED) is 0.829. The second-order valence-electron chi connectivity index (χ2n) is 6.06. The Balaban J connectivity index is 2.11. The predicted octanol–water partition coefficient (Wildman–Crippen LogP) is 3.35. The van der Waals surface area contributed by atoms with Gasteiger partial charge in [0, 0.05) is 25.7 Å². The van der Waals surface area contributed by atoms with E-state index in [1.165, 1.54) is 7.11 Å². The fourth-order valence-electron chi connectivity index (χ4n) is 3.03. The molecule has 138 valence electrons. The molecule has 0 atom stereocenters. The van der Waals surface area contributed by atoms with Crippen LogP contribution in [0.1, 0.15) is 35.3 Å². The Labute approximate surface area is 155 Å². The first-order valence-corrected chi connectivity index (χ1v) is 8.77. The van der Waals surface area contributed by atoms with Crippen LogP contribution in [0.15, 0.2) is 42.5 Å². The maximum atomic E-state index is 12.4. The van der Waals surface area contributed by atoms with Crippen LogP contribution in [0.25, 0.3) is 0 Å². The molecule has 0 spiro atoms. The molecule has 0 saturated heterocycles. The molecule has 5 heteroatoms. The molecule has 0 aliphatic heterocycles. The van der Waals surface area contributed by atoms with Crippen LogP contribution in [-0.4, -0.2) is 32.0 Å². The number of hydrogen-bond acceptors (Lipinski definition) is 3. The van der Waals surface area contributed by atoms with Gasteiger partial charge in [-0.1, -0.05) is 37.3 Å². The molecule has 0 fully saturated rings. The molecule has 2 rings (SSSR count). The van der Waals surface area contributed by atoms with Gasteiger partial charge in [-0.3, -0.25) is 9.59 Å². The predicted molar refractivity (Wildman–Crippen MR) is 104 cm³/mol. The Bertz CT molecular complexity index is 787. The van der Waals surface area contributed by atoms with Crippen molar-refractivity contribution in [1.29, 1.82) is 0 Å². The zero-order valence-electron chi connectivity index (χ0n) is 15.8. The first-order valence-electron chi connectivity index (χ1n) is 8.77. The molecule has 0 aliphatic carbocycles. The van der Waals surface area contributed by atoms with E-state index in [1.807, 2.05) is 31.2 Å². The standard InChI is InChI=1S/C21H26N2O3/c1-5-17-10-8-9-15(2)20(17)23(16(3)24)14-13-22-21(25)18-11-6-7-12-19(18)26-4/h6-12H,5,13-14H2,1-4H3,(H,22,25). The second kappa shape index (κ2) is 9.04. The van der Waals surface area contributed by atoms with E-state index in [1.54, 1.807) is 30.0 Å². The van der Waals surface area contributed by atoms with Crippen molar-refractivity contribution in [2.45, 2.75) is 27.2 Å². The van der Waals surface area contributed by atoms with Gasteiger partial charge < -0.3 is 15.0 Å². The fourth-order valence-corrected chi connectivity index (χ4v) is 3.03. The van der Waals surface area contributed by atoms with Gasteiger partial charge in [0.15, 0.2) is 0 Å². The van der Waals surface area contributed by atoms with Crippen molar-refractivity contribution in [1.82, 2.24) is 5.32 Å². The molecule has 0 radical (unpaired) electrons. The number of para-hydroxylation sites is 2. The van der Waals surface area contributed by atoms with Crippen molar-refractivity contribution in [2.75, 3.05) is 25.1 Å².